The molecule has 0 radical (unpaired) electrons. The SMILES string of the molecule is Cc1cccc(NC(=O)Nc2cnc(-n3cnc(C)c3C)nc2)c1. The first-order chi connectivity index (χ1) is 11.5. The van der Waals surface area contributed by atoms with Gasteiger partial charge in [-0.3, -0.25) is 4.57 Å². The van der Waals surface area contributed by atoms with Crippen LogP contribution in [0.2, 0.25) is 0 Å². The van der Waals surface area contributed by atoms with E-state index >= 15 is 0 Å². The Morgan fingerprint density at radius 1 is 1.00 bits per heavy atom. The first-order valence-electron chi connectivity index (χ1n) is 7.50. The number of imidazole rings is 1. The van der Waals surface area contributed by atoms with Gasteiger partial charge in [-0.15, -0.1) is 0 Å². The zero-order chi connectivity index (χ0) is 17.1. The lowest BCUT2D eigenvalue weighted by Gasteiger charge is -2.08. The molecule has 0 spiro atoms. The summed E-state index contributed by atoms with van der Waals surface area (Å²) in [5.41, 5.74) is 4.23. The fourth-order valence-electron chi connectivity index (χ4n) is 2.23. The molecule has 3 aromatic rings. The molecule has 0 atom stereocenters. The number of hydrogen-bond acceptors (Lipinski definition) is 4. The number of urea groups is 1. The molecule has 2 amide bonds. The maximum absolute atomic E-state index is 12.0. The van der Waals surface area contributed by atoms with Gasteiger partial charge < -0.3 is 10.6 Å². The topological polar surface area (TPSA) is 84.7 Å². The highest BCUT2D eigenvalue weighted by molar-refractivity contribution is 5.99. The maximum atomic E-state index is 12.0. The zero-order valence-corrected chi connectivity index (χ0v) is 13.7. The molecule has 0 aliphatic carbocycles. The Balaban J connectivity index is 1.68. The summed E-state index contributed by atoms with van der Waals surface area (Å²) in [5.74, 6) is 0.512. The van der Waals surface area contributed by atoms with Gasteiger partial charge in [0.15, 0.2) is 0 Å². The number of aryl methyl sites for hydroxylation is 2. The Kier molecular flexibility index (Phi) is 4.24. The summed E-state index contributed by atoms with van der Waals surface area (Å²) >= 11 is 0. The van der Waals surface area contributed by atoms with Crippen molar-refractivity contribution in [3.63, 3.8) is 0 Å². The molecule has 7 nitrogen and oxygen atoms in total. The molecule has 122 valence electrons. The van der Waals surface area contributed by atoms with Crippen LogP contribution in [0.3, 0.4) is 0 Å². The third-order valence-corrected chi connectivity index (χ3v) is 3.64. The number of hydrogen-bond donors (Lipinski definition) is 2. The zero-order valence-electron chi connectivity index (χ0n) is 13.7. The number of carbonyl (C=O) groups excluding carboxylic acids is 1. The molecule has 3 rings (SSSR count). The fourth-order valence-corrected chi connectivity index (χ4v) is 2.23. The van der Waals surface area contributed by atoms with E-state index in [9.17, 15) is 4.79 Å². The van der Waals surface area contributed by atoms with Crippen LogP contribution in [0.25, 0.3) is 5.95 Å². The summed E-state index contributed by atoms with van der Waals surface area (Å²) in [6.07, 6.45) is 4.80. The second-order valence-corrected chi connectivity index (χ2v) is 5.51. The third-order valence-electron chi connectivity index (χ3n) is 3.64. The van der Waals surface area contributed by atoms with Gasteiger partial charge in [-0.25, -0.2) is 19.7 Å². The van der Waals surface area contributed by atoms with Crippen molar-refractivity contribution in [2.24, 2.45) is 0 Å². The van der Waals surface area contributed by atoms with E-state index in [0.717, 1.165) is 22.6 Å². The molecule has 1 aromatic carbocycles. The molecular weight excluding hydrogens is 304 g/mol. The van der Waals surface area contributed by atoms with E-state index in [1.54, 1.807) is 23.3 Å². The number of nitrogens with one attached hydrogen (secondary N) is 2. The van der Waals surface area contributed by atoms with Crippen LogP contribution in [-0.2, 0) is 0 Å². The average Bonchev–Trinajstić information content (AvgIpc) is 2.88. The summed E-state index contributed by atoms with van der Waals surface area (Å²) in [4.78, 5) is 24.8. The van der Waals surface area contributed by atoms with Crippen LogP contribution < -0.4 is 10.6 Å². The smallest absolute Gasteiger partial charge is 0.308 e. The van der Waals surface area contributed by atoms with Gasteiger partial charge in [0.25, 0.3) is 0 Å². The van der Waals surface area contributed by atoms with E-state index in [2.05, 4.69) is 25.6 Å². The van der Waals surface area contributed by atoms with Crippen molar-refractivity contribution < 1.29 is 4.79 Å². The third kappa shape index (κ3) is 3.40. The Labute approximate surface area is 139 Å². The molecule has 7 heteroatoms. The van der Waals surface area contributed by atoms with E-state index in [4.69, 9.17) is 0 Å². The van der Waals surface area contributed by atoms with Crippen molar-refractivity contribution in [1.29, 1.82) is 0 Å². The minimum atomic E-state index is -0.341. The molecule has 2 heterocycles. The van der Waals surface area contributed by atoms with Crippen molar-refractivity contribution >= 4 is 17.4 Å². The van der Waals surface area contributed by atoms with Gasteiger partial charge in [0.05, 0.1) is 23.8 Å². The molecule has 0 bridgehead atoms. The summed E-state index contributed by atoms with van der Waals surface area (Å²) in [5, 5.41) is 5.48. The molecular formula is C17H18N6O. The van der Waals surface area contributed by atoms with Gasteiger partial charge in [-0.2, -0.15) is 0 Å². The second kappa shape index (κ2) is 6.49. The van der Waals surface area contributed by atoms with Gasteiger partial charge in [0, 0.05) is 11.4 Å². The van der Waals surface area contributed by atoms with Crippen molar-refractivity contribution in [3.05, 3.63) is 59.9 Å². The number of rotatable bonds is 3. The van der Waals surface area contributed by atoms with E-state index < -0.39 is 0 Å². The van der Waals surface area contributed by atoms with Gasteiger partial charge in [0.1, 0.15) is 6.33 Å². The summed E-state index contributed by atoms with van der Waals surface area (Å²) < 4.78 is 1.80. The largest absolute Gasteiger partial charge is 0.323 e. The molecule has 0 fully saturated rings. The van der Waals surface area contributed by atoms with Crippen LogP contribution in [0, 0.1) is 20.8 Å². The Morgan fingerprint density at radius 2 is 1.71 bits per heavy atom. The summed E-state index contributed by atoms with van der Waals surface area (Å²) in [7, 11) is 0. The lowest BCUT2D eigenvalue weighted by atomic mass is 10.2. The maximum Gasteiger partial charge on any atom is 0.323 e. The Bertz CT molecular complexity index is 869. The number of benzene rings is 1. The first kappa shape index (κ1) is 15.7. The monoisotopic (exact) mass is 322 g/mol. The van der Waals surface area contributed by atoms with Crippen molar-refractivity contribution in [1.82, 2.24) is 19.5 Å². The van der Waals surface area contributed by atoms with Gasteiger partial charge in [-0.05, 0) is 38.5 Å². The minimum absolute atomic E-state index is 0.341. The lowest BCUT2D eigenvalue weighted by molar-refractivity contribution is 0.262. The minimum Gasteiger partial charge on any atom is -0.308 e. The van der Waals surface area contributed by atoms with Crippen molar-refractivity contribution in [3.8, 4) is 5.95 Å². The number of nitrogens with zero attached hydrogens (tertiary/aromatic N) is 4. The summed E-state index contributed by atoms with van der Waals surface area (Å²) in [6.45, 7) is 5.85. The van der Waals surface area contributed by atoms with Crippen LogP contribution in [0.1, 0.15) is 17.0 Å². The van der Waals surface area contributed by atoms with Crippen molar-refractivity contribution in [2.45, 2.75) is 20.8 Å². The van der Waals surface area contributed by atoms with Crippen LogP contribution in [0.4, 0.5) is 16.2 Å². The molecule has 24 heavy (non-hydrogen) atoms. The molecule has 0 saturated carbocycles. The highest BCUT2D eigenvalue weighted by atomic mass is 16.2. The highest BCUT2D eigenvalue weighted by Crippen LogP contribution is 2.13. The molecule has 0 unspecified atom stereocenters. The van der Waals surface area contributed by atoms with Crippen molar-refractivity contribution in [2.75, 3.05) is 10.6 Å². The van der Waals surface area contributed by atoms with Gasteiger partial charge in [0.2, 0.25) is 5.95 Å². The lowest BCUT2D eigenvalue weighted by Crippen LogP contribution is -2.19. The van der Waals surface area contributed by atoms with Crippen LogP contribution in [0.5, 0.6) is 0 Å². The van der Waals surface area contributed by atoms with Gasteiger partial charge >= 0.3 is 6.03 Å². The quantitative estimate of drug-likeness (QED) is 0.775. The van der Waals surface area contributed by atoms with Crippen LogP contribution in [0.15, 0.2) is 43.0 Å². The van der Waals surface area contributed by atoms with E-state index in [1.165, 1.54) is 0 Å². The number of amides is 2. The Morgan fingerprint density at radius 3 is 2.33 bits per heavy atom. The molecule has 0 aliphatic rings. The van der Waals surface area contributed by atoms with Crippen LogP contribution >= 0.6 is 0 Å². The number of carbonyl (C=O) groups is 1. The molecule has 0 aliphatic heterocycles. The predicted octanol–water partition coefficient (Wildman–Crippen LogP) is 3.23. The fraction of sp³-hybridized carbons (Fsp3) is 0.176. The number of anilines is 2. The first-order valence-corrected chi connectivity index (χ1v) is 7.50. The summed E-state index contributed by atoms with van der Waals surface area (Å²) in [6, 6.07) is 7.24. The van der Waals surface area contributed by atoms with Gasteiger partial charge in [-0.1, -0.05) is 12.1 Å². The van der Waals surface area contributed by atoms with E-state index in [-0.39, 0.29) is 6.03 Å². The second-order valence-electron chi connectivity index (χ2n) is 5.51. The molecule has 0 saturated heterocycles. The Hall–Kier alpha value is -3.22. The normalized spacial score (nSPS) is 10.5. The predicted molar refractivity (Wildman–Crippen MR) is 92.4 cm³/mol. The molecule has 2 N–H and O–H groups in total. The van der Waals surface area contributed by atoms with E-state index in [0.29, 0.717) is 11.6 Å². The molecule has 2 aromatic heterocycles. The van der Waals surface area contributed by atoms with E-state index in [1.807, 2.05) is 45.0 Å². The number of aromatic nitrogens is 4. The standard InChI is InChI=1S/C17H18N6O/c1-11-5-4-6-14(7-11)21-17(24)22-15-8-18-16(19-9-15)23-10-20-12(2)13(23)3/h4-10H,1-3H3,(H2,21,22,24). The average molecular weight is 322 g/mol. The van der Waals surface area contributed by atoms with Crippen LogP contribution in [-0.4, -0.2) is 25.6 Å². The highest BCUT2D eigenvalue weighted by Gasteiger charge is 2.08.